The summed E-state index contributed by atoms with van der Waals surface area (Å²) in [6.45, 7) is 3.16. The van der Waals surface area contributed by atoms with Gasteiger partial charge in [0, 0.05) is 6.54 Å². The van der Waals surface area contributed by atoms with Gasteiger partial charge >= 0.3 is 11.9 Å². The van der Waals surface area contributed by atoms with Gasteiger partial charge in [-0.1, -0.05) is 13.8 Å². The lowest BCUT2D eigenvalue weighted by Gasteiger charge is -2.26. The van der Waals surface area contributed by atoms with Crippen LogP contribution in [0.5, 0.6) is 0 Å². The van der Waals surface area contributed by atoms with E-state index in [1.807, 2.05) is 6.07 Å². The molecule has 6 heteroatoms. The van der Waals surface area contributed by atoms with Crippen molar-refractivity contribution in [3.8, 4) is 6.07 Å². The van der Waals surface area contributed by atoms with E-state index in [0.29, 0.717) is 6.42 Å². The van der Waals surface area contributed by atoms with Crippen molar-refractivity contribution in [1.82, 2.24) is 4.90 Å². The minimum Gasteiger partial charge on any atom is -0.481 e. The standard InChI is InChI=1S/C10H16N2O4/c1-3-8(10(15)16)12(5-4-11)6-7(2)9(13)14/h7-8H,3,5-6H2,1-2H3,(H,13,14)(H,15,16). The molecule has 0 aromatic rings. The van der Waals surface area contributed by atoms with Crippen LogP contribution in [0.3, 0.4) is 0 Å². The first-order valence-electron chi connectivity index (χ1n) is 5.00. The molecule has 0 saturated carbocycles. The maximum Gasteiger partial charge on any atom is 0.320 e. The van der Waals surface area contributed by atoms with Crippen molar-refractivity contribution in [3.05, 3.63) is 0 Å². The topological polar surface area (TPSA) is 102 Å². The summed E-state index contributed by atoms with van der Waals surface area (Å²) in [6, 6.07) is 1.05. The van der Waals surface area contributed by atoms with Crippen LogP contribution in [0.2, 0.25) is 0 Å². The Labute approximate surface area is 94.1 Å². The van der Waals surface area contributed by atoms with Gasteiger partial charge in [-0.3, -0.25) is 14.5 Å². The Morgan fingerprint density at radius 2 is 1.94 bits per heavy atom. The maximum absolute atomic E-state index is 10.9. The fraction of sp³-hybridized carbons (Fsp3) is 0.700. The van der Waals surface area contributed by atoms with Gasteiger partial charge in [0.1, 0.15) is 6.04 Å². The Bertz CT molecular complexity index is 298. The molecule has 0 aromatic carbocycles. The molecule has 90 valence electrons. The van der Waals surface area contributed by atoms with Crippen LogP contribution in [0.4, 0.5) is 0 Å². The molecule has 0 fully saturated rings. The molecule has 0 heterocycles. The van der Waals surface area contributed by atoms with Crippen molar-refractivity contribution in [2.24, 2.45) is 5.92 Å². The van der Waals surface area contributed by atoms with E-state index in [1.165, 1.54) is 11.8 Å². The van der Waals surface area contributed by atoms with E-state index in [1.54, 1.807) is 6.92 Å². The molecule has 0 aliphatic carbocycles. The smallest absolute Gasteiger partial charge is 0.320 e. The highest BCUT2D eigenvalue weighted by atomic mass is 16.4. The van der Waals surface area contributed by atoms with Gasteiger partial charge in [-0.25, -0.2) is 0 Å². The van der Waals surface area contributed by atoms with Crippen LogP contribution in [0.15, 0.2) is 0 Å². The van der Waals surface area contributed by atoms with Crippen LogP contribution in [0.25, 0.3) is 0 Å². The molecular formula is C10H16N2O4. The Kier molecular flexibility index (Phi) is 6.11. The van der Waals surface area contributed by atoms with Crippen LogP contribution < -0.4 is 0 Å². The second-order valence-electron chi connectivity index (χ2n) is 3.59. The van der Waals surface area contributed by atoms with Crippen molar-refractivity contribution >= 4 is 11.9 Å². The summed E-state index contributed by atoms with van der Waals surface area (Å²) < 4.78 is 0. The molecule has 16 heavy (non-hydrogen) atoms. The molecule has 0 rings (SSSR count). The van der Waals surface area contributed by atoms with Crippen molar-refractivity contribution in [1.29, 1.82) is 5.26 Å². The van der Waals surface area contributed by atoms with Crippen LogP contribution in [-0.4, -0.2) is 46.2 Å². The number of carboxylic acid groups (broad SMARTS) is 2. The zero-order chi connectivity index (χ0) is 12.7. The van der Waals surface area contributed by atoms with Gasteiger partial charge in [0.05, 0.1) is 18.5 Å². The predicted octanol–water partition coefficient (Wildman–Crippen LogP) is 0.396. The number of hydrogen-bond acceptors (Lipinski definition) is 4. The normalized spacial score (nSPS) is 14.1. The van der Waals surface area contributed by atoms with Crippen molar-refractivity contribution in [2.45, 2.75) is 26.3 Å². The minimum absolute atomic E-state index is 0.0632. The summed E-state index contributed by atoms with van der Waals surface area (Å²) in [6.07, 6.45) is 0.337. The summed E-state index contributed by atoms with van der Waals surface area (Å²) in [5, 5.41) is 26.2. The van der Waals surface area contributed by atoms with Gasteiger partial charge in [0.25, 0.3) is 0 Å². The average molecular weight is 228 g/mol. The second-order valence-corrected chi connectivity index (χ2v) is 3.59. The zero-order valence-electron chi connectivity index (χ0n) is 9.38. The lowest BCUT2D eigenvalue weighted by atomic mass is 10.1. The zero-order valence-corrected chi connectivity index (χ0v) is 9.38. The van der Waals surface area contributed by atoms with Gasteiger partial charge in [0.15, 0.2) is 0 Å². The second kappa shape index (κ2) is 6.80. The van der Waals surface area contributed by atoms with Crippen molar-refractivity contribution in [3.63, 3.8) is 0 Å². The molecule has 0 spiro atoms. The highest BCUT2D eigenvalue weighted by Crippen LogP contribution is 2.08. The van der Waals surface area contributed by atoms with E-state index in [2.05, 4.69) is 0 Å². The number of hydrogen-bond donors (Lipinski definition) is 2. The fourth-order valence-corrected chi connectivity index (χ4v) is 1.41. The highest BCUT2D eigenvalue weighted by molar-refractivity contribution is 5.74. The summed E-state index contributed by atoms with van der Waals surface area (Å²) in [4.78, 5) is 22.9. The Balaban J connectivity index is 4.65. The molecule has 0 saturated heterocycles. The summed E-state index contributed by atoms with van der Waals surface area (Å²) >= 11 is 0. The van der Waals surface area contributed by atoms with Crippen LogP contribution in [0, 0.1) is 17.2 Å². The minimum atomic E-state index is -1.03. The molecule has 2 N–H and O–H groups in total. The first-order valence-corrected chi connectivity index (χ1v) is 5.00. The summed E-state index contributed by atoms with van der Waals surface area (Å²) in [5.41, 5.74) is 0. The molecule has 0 aliphatic rings. The van der Waals surface area contributed by atoms with E-state index in [4.69, 9.17) is 15.5 Å². The number of rotatable bonds is 7. The Morgan fingerprint density at radius 3 is 2.25 bits per heavy atom. The van der Waals surface area contributed by atoms with Crippen molar-refractivity contribution < 1.29 is 19.8 Å². The van der Waals surface area contributed by atoms with E-state index in [0.717, 1.165) is 0 Å². The first-order chi connectivity index (χ1) is 7.43. The van der Waals surface area contributed by atoms with Gasteiger partial charge in [-0.05, 0) is 6.42 Å². The third-order valence-corrected chi connectivity index (χ3v) is 2.32. The molecule has 0 aliphatic heterocycles. The van der Waals surface area contributed by atoms with Crippen LogP contribution in [-0.2, 0) is 9.59 Å². The largest absolute Gasteiger partial charge is 0.481 e. The number of nitrogens with zero attached hydrogens (tertiary/aromatic N) is 2. The predicted molar refractivity (Wildman–Crippen MR) is 55.7 cm³/mol. The van der Waals surface area contributed by atoms with E-state index < -0.39 is 23.9 Å². The number of carboxylic acids is 2. The molecular weight excluding hydrogens is 212 g/mol. The SMILES string of the molecule is CCC(C(=O)O)N(CC#N)CC(C)C(=O)O. The van der Waals surface area contributed by atoms with Gasteiger partial charge in [-0.2, -0.15) is 5.26 Å². The fourth-order valence-electron chi connectivity index (χ4n) is 1.41. The quantitative estimate of drug-likeness (QED) is 0.611. The lowest BCUT2D eigenvalue weighted by molar-refractivity contribution is -0.147. The molecule has 0 aromatic heterocycles. The highest BCUT2D eigenvalue weighted by Gasteiger charge is 2.26. The summed E-state index contributed by atoms with van der Waals surface area (Å²) in [7, 11) is 0. The number of carbonyl (C=O) groups is 2. The van der Waals surface area contributed by atoms with Gasteiger partial charge in [0.2, 0.25) is 0 Å². The Morgan fingerprint density at radius 1 is 1.38 bits per heavy atom. The van der Waals surface area contributed by atoms with E-state index in [-0.39, 0.29) is 13.1 Å². The summed E-state index contributed by atoms with van der Waals surface area (Å²) in [5.74, 6) is -2.72. The van der Waals surface area contributed by atoms with Gasteiger partial charge < -0.3 is 10.2 Å². The molecule has 2 atom stereocenters. The lowest BCUT2D eigenvalue weighted by Crippen LogP contribution is -2.44. The Hall–Kier alpha value is -1.61. The molecule has 0 amide bonds. The number of aliphatic carboxylic acids is 2. The molecule has 2 unspecified atom stereocenters. The van der Waals surface area contributed by atoms with Crippen LogP contribution in [0.1, 0.15) is 20.3 Å². The van der Waals surface area contributed by atoms with Crippen LogP contribution >= 0.6 is 0 Å². The number of nitriles is 1. The van der Waals surface area contributed by atoms with E-state index in [9.17, 15) is 9.59 Å². The monoisotopic (exact) mass is 228 g/mol. The maximum atomic E-state index is 10.9. The third-order valence-electron chi connectivity index (χ3n) is 2.32. The first kappa shape index (κ1) is 14.4. The molecule has 6 nitrogen and oxygen atoms in total. The third kappa shape index (κ3) is 4.28. The van der Waals surface area contributed by atoms with E-state index >= 15 is 0 Å². The molecule has 0 radical (unpaired) electrons. The van der Waals surface area contributed by atoms with Crippen molar-refractivity contribution in [2.75, 3.05) is 13.1 Å². The van der Waals surface area contributed by atoms with Gasteiger partial charge in [-0.15, -0.1) is 0 Å². The molecule has 0 bridgehead atoms. The average Bonchev–Trinajstić information content (AvgIpc) is 2.18.